The number of anilines is 1. The summed E-state index contributed by atoms with van der Waals surface area (Å²) in [4.78, 5) is 2.31. The summed E-state index contributed by atoms with van der Waals surface area (Å²) < 4.78 is 4.29. The maximum absolute atomic E-state index is 5.81. The Kier molecular flexibility index (Phi) is 2.28. The molecule has 1 aliphatic heterocycles. The lowest BCUT2D eigenvalue weighted by molar-refractivity contribution is 0.499. The van der Waals surface area contributed by atoms with Gasteiger partial charge in [0.2, 0.25) is 0 Å². The molecule has 0 radical (unpaired) electrons. The van der Waals surface area contributed by atoms with E-state index < -0.39 is 0 Å². The van der Waals surface area contributed by atoms with Gasteiger partial charge in [-0.15, -0.1) is 0 Å². The van der Waals surface area contributed by atoms with Crippen LogP contribution in [0.2, 0.25) is 0 Å². The molecule has 4 heteroatoms. The molecule has 1 aliphatic rings. The van der Waals surface area contributed by atoms with Gasteiger partial charge < -0.3 is 10.6 Å². The lowest BCUT2D eigenvalue weighted by Crippen LogP contribution is -2.39. The van der Waals surface area contributed by atoms with Gasteiger partial charge in [0, 0.05) is 24.5 Å². The summed E-state index contributed by atoms with van der Waals surface area (Å²) in [6, 6.07) is 2.47. The van der Waals surface area contributed by atoms with Crippen LogP contribution in [0.5, 0.6) is 0 Å². The molecule has 2 heterocycles. The maximum atomic E-state index is 5.81. The number of nitrogens with two attached hydrogens (primary N) is 1. The Morgan fingerprint density at radius 3 is 2.83 bits per heavy atom. The van der Waals surface area contributed by atoms with Gasteiger partial charge in [-0.2, -0.15) is 4.37 Å². The second kappa shape index (κ2) is 3.41. The van der Waals surface area contributed by atoms with Crippen LogP contribution in [-0.4, -0.2) is 23.5 Å². The Balaban J connectivity index is 1.99. The fourth-order valence-corrected chi connectivity index (χ4v) is 2.03. The van der Waals surface area contributed by atoms with Crippen molar-refractivity contribution in [2.45, 2.75) is 18.9 Å². The van der Waals surface area contributed by atoms with Gasteiger partial charge in [-0.1, -0.05) is 0 Å². The molecule has 1 aromatic heterocycles. The molecule has 0 aliphatic carbocycles. The topological polar surface area (TPSA) is 42.1 Å². The molecule has 0 amide bonds. The van der Waals surface area contributed by atoms with E-state index in [9.17, 15) is 0 Å². The first kappa shape index (κ1) is 8.01. The Morgan fingerprint density at radius 1 is 1.50 bits per heavy atom. The smallest absolute Gasteiger partial charge is 0.142 e. The Morgan fingerprint density at radius 2 is 2.25 bits per heavy atom. The SMILES string of the molecule is NC1CCN(c2ccsn2)CC1. The molecule has 0 bridgehead atoms. The van der Waals surface area contributed by atoms with Crippen LogP contribution in [0.15, 0.2) is 11.4 Å². The van der Waals surface area contributed by atoms with E-state index in [4.69, 9.17) is 5.73 Å². The van der Waals surface area contributed by atoms with Gasteiger partial charge in [-0.25, -0.2) is 0 Å². The van der Waals surface area contributed by atoms with Crippen molar-refractivity contribution < 1.29 is 0 Å². The van der Waals surface area contributed by atoms with Crippen molar-refractivity contribution >= 4 is 17.4 Å². The highest BCUT2D eigenvalue weighted by molar-refractivity contribution is 7.03. The van der Waals surface area contributed by atoms with Crippen LogP contribution in [0, 0.1) is 0 Å². The van der Waals surface area contributed by atoms with Gasteiger partial charge in [0.1, 0.15) is 5.82 Å². The Hall–Kier alpha value is -0.610. The number of piperidine rings is 1. The van der Waals surface area contributed by atoms with Crippen LogP contribution in [0.1, 0.15) is 12.8 Å². The number of hydrogen-bond acceptors (Lipinski definition) is 4. The summed E-state index contributed by atoms with van der Waals surface area (Å²) in [7, 11) is 0. The maximum Gasteiger partial charge on any atom is 0.142 e. The largest absolute Gasteiger partial charge is 0.356 e. The molecular formula is C8H13N3S. The molecule has 2 N–H and O–H groups in total. The van der Waals surface area contributed by atoms with Crippen LogP contribution in [0.4, 0.5) is 5.82 Å². The normalized spacial score (nSPS) is 19.9. The minimum atomic E-state index is 0.403. The van der Waals surface area contributed by atoms with E-state index in [-0.39, 0.29) is 0 Å². The summed E-state index contributed by atoms with van der Waals surface area (Å²) in [5, 5.41) is 2.02. The minimum absolute atomic E-state index is 0.403. The predicted octanol–water partition coefficient (Wildman–Crippen LogP) is 1.07. The first-order chi connectivity index (χ1) is 5.86. The quantitative estimate of drug-likeness (QED) is 0.708. The molecule has 66 valence electrons. The van der Waals surface area contributed by atoms with Gasteiger partial charge in [0.25, 0.3) is 0 Å². The highest BCUT2D eigenvalue weighted by Crippen LogP contribution is 2.17. The molecule has 2 rings (SSSR count). The average molecular weight is 183 g/mol. The van der Waals surface area contributed by atoms with Gasteiger partial charge in [0.05, 0.1) is 0 Å². The molecule has 0 aromatic carbocycles. The van der Waals surface area contributed by atoms with E-state index >= 15 is 0 Å². The summed E-state index contributed by atoms with van der Waals surface area (Å²) in [6.45, 7) is 2.12. The van der Waals surface area contributed by atoms with E-state index in [1.807, 2.05) is 5.38 Å². The lowest BCUT2D eigenvalue weighted by atomic mass is 10.1. The van der Waals surface area contributed by atoms with Gasteiger partial charge in [-0.3, -0.25) is 0 Å². The van der Waals surface area contributed by atoms with E-state index in [0.717, 1.165) is 31.7 Å². The van der Waals surface area contributed by atoms with Crippen molar-refractivity contribution in [2.24, 2.45) is 5.73 Å². The first-order valence-electron chi connectivity index (χ1n) is 4.27. The Bertz CT molecular complexity index is 226. The molecular weight excluding hydrogens is 170 g/mol. The summed E-state index contributed by atoms with van der Waals surface area (Å²) in [5.74, 6) is 1.12. The van der Waals surface area contributed by atoms with Crippen molar-refractivity contribution in [3.63, 3.8) is 0 Å². The zero-order valence-electron chi connectivity index (χ0n) is 6.94. The molecule has 1 aromatic rings. The van der Waals surface area contributed by atoms with E-state index in [2.05, 4.69) is 15.3 Å². The molecule has 1 saturated heterocycles. The van der Waals surface area contributed by atoms with Crippen LogP contribution in [-0.2, 0) is 0 Å². The minimum Gasteiger partial charge on any atom is -0.356 e. The molecule has 0 atom stereocenters. The number of rotatable bonds is 1. The van der Waals surface area contributed by atoms with Gasteiger partial charge >= 0.3 is 0 Å². The van der Waals surface area contributed by atoms with Crippen LogP contribution in [0.3, 0.4) is 0 Å². The highest BCUT2D eigenvalue weighted by atomic mass is 32.1. The standard InChI is InChI=1S/C8H13N3S/c9-7-1-4-11(5-2-7)8-3-6-12-10-8/h3,6-7H,1-2,4-5,9H2. The van der Waals surface area contributed by atoms with E-state index in [1.54, 1.807) is 0 Å². The van der Waals surface area contributed by atoms with Gasteiger partial charge in [-0.05, 0) is 30.4 Å². The molecule has 0 saturated carbocycles. The number of aromatic nitrogens is 1. The summed E-state index contributed by atoms with van der Waals surface area (Å²) in [6.07, 6.45) is 2.19. The van der Waals surface area contributed by atoms with Crippen molar-refractivity contribution in [1.82, 2.24) is 4.37 Å². The van der Waals surface area contributed by atoms with Crippen molar-refractivity contribution in [3.05, 3.63) is 11.4 Å². The fraction of sp³-hybridized carbons (Fsp3) is 0.625. The molecule has 1 fully saturated rings. The van der Waals surface area contributed by atoms with E-state index in [1.165, 1.54) is 11.5 Å². The summed E-state index contributed by atoms with van der Waals surface area (Å²) >= 11 is 1.51. The lowest BCUT2D eigenvalue weighted by Gasteiger charge is -2.29. The van der Waals surface area contributed by atoms with E-state index in [0.29, 0.717) is 6.04 Å². The predicted molar refractivity (Wildman–Crippen MR) is 51.5 cm³/mol. The third-order valence-corrected chi connectivity index (χ3v) is 2.84. The molecule has 0 unspecified atom stereocenters. The zero-order valence-corrected chi connectivity index (χ0v) is 7.76. The number of hydrogen-bond donors (Lipinski definition) is 1. The van der Waals surface area contributed by atoms with Crippen LogP contribution < -0.4 is 10.6 Å². The monoisotopic (exact) mass is 183 g/mol. The highest BCUT2D eigenvalue weighted by Gasteiger charge is 2.16. The molecule has 0 spiro atoms. The van der Waals surface area contributed by atoms with Crippen LogP contribution >= 0.6 is 11.5 Å². The first-order valence-corrected chi connectivity index (χ1v) is 5.11. The van der Waals surface area contributed by atoms with Crippen molar-refractivity contribution in [3.8, 4) is 0 Å². The average Bonchev–Trinajstić information content (AvgIpc) is 2.58. The summed E-state index contributed by atoms with van der Waals surface area (Å²) in [5.41, 5.74) is 5.81. The third kappa shape index (κ3) is 1.59. The number of nitrogens with zero attached hydrogens (tertiary/aromatic N) is 2. The zero-order chi connectivity index (χ0) is 8.39. The second-order valence-corrected chi connectivity index (χ2v) is 3.85. The molecule has 12 heavy (non-hydrogen) atoms. The van der Waals surface area contributed by atoms with Crippen molar-refractivity contribution in [2.75, 3.05) is 18.0 Å². The van der Waals surface area contributed by atoms with Crippen LogP contribution in [0.25, 0.3) is 0 Å². The van der Waals surface area contributed by atoms with Crippen molar-refractivity contribution in [1.29, 1.82) is 0 Å². The third-order valence-electron chi connectivity index (χ3n) is 2.29. The molecule has 3 nitrogen and oxygen atoms in total. The second-order valence-electron chi connectivity index (χ2n) is 3.18. The van der Waals surface area contributed by atoms with Gasteiger partial charge in [0.15, 0.2) is 0 Å². The fourth-order valence-electron chi connectivity index (χ4n) is 1.50. The Labute approximate surface area is 76.4 Å².